The molecule has 0 amide bonds. The Balaban J connectivity index is 2.05. The molecule has 6 nitrogen and oxygen atoms in total. The van der Waals surface area contributed by atoms with E-state index in [2.05, 4.69) is 21.3 Å². The predicted octanol–water partition coefficient (Wildman–Crippen LogP) is 3.70. The Morgan fingerprint density at radius 3 is 2.70 bits per heavy atom. The van der Waals surface area contributed by atoms with Crippen molar-refractivity contribution < 1.29 is 18.3 Å². The predicted molar refractivity (Wildman–Crippen MR) is 113 cm³/mol. The number of hydrogen-bond donors (Lipinski definition) is 2. The molecule has 156 valence electrons. The van der Waals surface area contributed by atoms with Crippen LogP contribution in [0.5, 0.6) is 5.75 Å². The van der Waals surface area contributed by atoms with Crippen molar-refractivity contribution in [2.45, 2.75) is 19.1 Å². The van der Waals surface area contributed by atoms with E-state index in [0.29, 0.717) is 11.1 Å². The first-order valence-electron chi connectivity index (χ1n) is 9.09. The summed E-state index contributed by atoms with van der Waals surface area (Å²) in [5.41, 5.74) is 13.8. The number of nitrogens with zero attached hydrogens (tertiary/aromatic N) is 2. The Morgan fingerprint density at radius 2 is 2.07 bits per heavy atom. The van der Waals surface area contributed by atoms with Crippen LogP contribution in [0.4, 0.5) is 8.78 Å². The summed E-state index contributed by atoms with van der Waals surface area (Å²) in [5, 5.41) is 0. The number of rotatable bonds is 7. The molecule has 0 aromatic heterocycles. The molecule has 0 bridgehead atoms. The number of hydrogen-bond acceptors (Lipinski definition) is 6. The number of benzene rings is 2. The summed E-state index contributed by atoms with van der Waals surface area (Å²) >= 11 is 0. The SMILES string of the molecule is C=C(C=N/C=C\N)c1cccc(C2(c3ccc(OC(F)F)c(C)c3)COC(N)=N2)c1. The minimum absolute atomic E-state index is 0.0550. The molecule has 4 N–H and O–H groups in total. The average Bonchev–Trinajstić information content (AvgIpc) is 3.12. The van der Waals surface area contributed by atoms with Crippen LogP contribution in [-0.2, 0) is 10.3 Å². The van der Waals surface area contributed by atoms with Gasteiger partial charge in [-0.15, -0.1) is 0 Å². The lowest BCUT2D eigenvalue weighted by atomic mass is 9.82. The molecule has 0 spiro atoms. The van der Waals surface area contributed by atoms with Gasteiger partial charge in [0.15, 0.2) is 5.54 Å². The van der Waals surface area contributed by atoms with Gasteiger partial charge in [0.1, 0.15) is 12.4 Å². The number of ether oxygens (including phenoxy) is 2. The van der Waals surface area contributed by atoms with E-state index in [1.165, 1.54) is 18.5 Å². The van der Waals surface area contributed by atoms with Gasteiger partial charge in [0, 0.05) is 18.6 Å². The highest BCUT2D eigenvalue weighted by Crippen LogP contribution is 2.39. The zero-order chi connectivity index (χ0) is 21.7. The van der Waals surface area contributed by atoms with Crippen LogP contribution >= 0.6 is 0 Å². The number of aliphatic imine (C=N–C) groups is 2. The van der Waals surface area contributed by atoms with Crippen LogP contribution < -0.4 is 16.2 Å². The van der Waals surface area contributed by atoms with Gasteiger partial charge in [-0.25, -0.2) is 4.99 Å². The van der Waals surface area contributed by atoms with Crippen LogP contribution in [0.1, 0.15) is 22.3 Å². The number of nitrogens with two attached hydrogens (primary N) is 2. The lowest BCUT2D eigenvalue weighted by Crippen LogP contribution is -2.27. The molecule has 2 aromatic carbocycles. The van der Waals surface area contributed by atoms with Crippen molar-refractivity contribution in [3.05, 3.63) is 83.7 Å². The van der Waals surface area contributed by atoms with Crippen molar-refractivity contribution in [1.82, 2.24) is 0 Å². The molecule has 0 saturated carbocycles. The first kappa shape index (κ1) is 21.0. The van der Waals surface area contributed by atoms with Crippen LogP contribution in [0, 0.1) is 6.92 Å². The third kappa shape index (κ3) is 4.32. The highest BCUT2D eigenvalue weighted by atomic mass is 19.3. The molecule has 0 saturated heterocycles. The van der Waals surface area contributed by atoms with Crippen LogP contribution in [0.2, 0.25) is 0 Å². The molecule has 3 rings (SSSR count). The van der Waals surface area contributed by atoms with Gasteiger partial charge in [-0.1, -0.05) is 30.8 Å². The van der Waals surface area contributed by atoms with Gasteiger partial charge < -0.3 is 20.9 Å². The summed E-state index contributed by atoms with van der Waals surface area (Å²) in [6, 6.07) is 12.6. The first-order valence-corrected chi connectivity index (χ1v) is 9.09. The van der Waals surface area contributed by atoms with E-state index in [1.807, 2.05) is 24.3 Å². The zero-order valence-corrected chi connectivity index (χ0v) is 16.4. The number of aryl methyl sites for hydroxylation is 1. The van der Waals surface area contributed by atoms with Crippen LogP contribution in [0.15, 0.2) is 71.4 Å². The van der Waals surface area contributed by atoms with Crippen LogP contribution in [0.25, 0.3) is 5.57 Å². The summed E-state index contributed by atoms with van der Waals surface area (Å²) in [6.07, 6.45) is 4.38. The van der Waals surface area contributed by atoms with Gasteiger partial charge in [-0.05, 0) is 52.9 Å². The van der Waals surface area contributed by atoms with Crippen molar-refractivity contribution in [2.24, 2.45) is 21.5 Å². The standard InChI is InChI=1S/C22H22F2N4O2/c1-14-10-18(6-7-19(14)30-20(23)24)22(13-29-21(26)28-22)17-5-3-4-16(11-17)15(2)12-27-9-8-25/h3-12,20H,2,13,25H2,1H3,(H2,26,28)/b9-8-,27-12?. The summed E-state index contributed by atoms with van der Waals surface area (Å²) in [7, 11) is 0. The fourth-order valence-electron chi connectivity index (χ4n) is 3.26. The van der Waals surface area contributed by atoms with Gasteiger partial charge in [0.05, 0.1) is 0 Å². The van der Waals surface area contributed by atoms with Gasteiger partial charge >= 0.3 is 6.61 Å². The molecule has 2 aromatic rings. The zero-order valence-electron chi connectivity index (χ0n) is 16.4. The maximum absolute atomic E-state index is 12.6. The van der Waals surface area contributed by atoms with Gasteiger partial charge in [-0.3, -0.25) is 4.99 Å². The van der Waals surface area contributed by atoms with E-state index < -0.39 is 12.2 Å². The second-order valence-electron chi connectivity index (χ2n) is 6.68. The molecular weight excluding hydrogens is 390 g/mol. The van der Waals surface area contributed by atoms with Crippen molar-refractivity contribution in [2.75, 3.05) is 6.61 Å². The first-order chi connectivity index (χ1) is 14.4. The van der Waals surface area contributed by atoms with E-state index in [-0.39, 0.29) is 18.4 Å². The van der Waals surface area contributed by atoms with Gasteiger partial charge in [0.25, 0.3) is 6.02 Å². The second-order valence-corrected chi connectivity index (χ2v) is 6.68. The topological polar surface area (TPSA) is 95.2 Å². The molecule has 1 unspecified atom stereocenters. The molecule has 1 heterocycles. The van der Waals surface area contributed by atoms with E-state index in [1.54, 1.807) is 25.3 Å². The Kier molecular flexibility index (Phi) is 6.15. The van der Waals surface area contributed by atoms with E-state index in [4.69, 9.17) is 16.2 Å². The molecule has 0 radical (unpaired) electrons. The average molecular weight is 412 g/mol. The quantitative estimate of drug-likeness (QED) is 0.678. The number of halogens is 2. The third-order valence-corrected chi connectivity index (χ3v) is 4.71. The molecule has 0 fully saturated rings. The smallest absolute Gasteiger partial charge is 0.387 e. The molecule has 30 heavy (non-hydrogen) atoms. The van der Waals surface area contributed by atoms with Crippen molar-refractivity contribution in [3.63, 3.8) is 0 Å². The molecular formula is C22H22F2N4O2. The minimum Gasteiger partial charge on any atom is -0.462 e. The summed E-state index contributed by atoms with van der Waals surface area (Å²) in [6.45, 7) is 2.99. The van der Waals surface area contributed by atoms with Gasteiger partial charge in [0.2, 0.25) is 0 Å². The maximum Gasteiger partial charge on any atom is 0.387 e. The van der Waals surface area contributed by atoms with Crippen LogP contribution in [0.3, 0.4) is 0 Å². The fraction of sp³-hybridized carbons (Fsp3) is 0.182. The lowest BCUT2D eigenvalue weighted by molar-refractivity contribution is -0.0503. The van der Waals surface area contributed by atoms with E-state index >= 15 is 0 Å². The molecule has 8 heteroatoms. The highest BCUT2D eigenvalue weighted by Gasteiger charge is 2.40. The lowest BCUT2D eigenvalue weighted by Gasteiger charge is -2.26. The maximum atomic E-state index is 12.6. The molecule has 1 aliphatic rings. The fourth-order valence-corrected chi connectivity index (χ4v) is 3.26. The second kappa shape index (κ2) is 8.77. The monoisotopic (exact) mass is 412 g/mol. The number of amidine groups is 1. The number of allylic oxidation sites excluding steroid dienone is 1. The largest absolute Gasteiger partial charge is 0.462 e. The molecule has 1 aliphatic heterocycles. The Bertz CT molecular complexity index is 1030. The third-order valence-electron chi connectivity index (χ3n) is 4.71. The normalized spacial score (nSPS) is 18.7. The summed E-state index contributed by atoms with van der Waals surface area (Å²) in [5.74, 6) is 0.103. The molecule has 1 atom stereocenters. The van der Waals surface area contributed by atoms with Crippen molar-refractivity contribution in [1.29, 1.82) is 0 Å². The van der Waals surface area contributed by atoms with Crippen molar-refractivity contribution in [3.8, 4) is 5.75 Å². The van der Waals surface area contributed by atoms with E-state index in [0.717, 1.165) is 16.7 Å². The van der Waals surface area contributed by atoms with Crippen molar-refractivity contribution >= 4 is 17.8 Å². The Morgan fingerprint density at radius 1 is 1.30 bits per heavy atom. The minimum atomic E-state index is -2.90. The number of alkyl halides is 2. The summed E-state index contributed by atoms with van der Waals surface area (Å²) < 4.78 is 35.3. The highest BCUT2D eigenvalue weighted by molar-refractivity contribution is 6.09. The van der Waals surface area contributed by atoms with Gasteiger partial charge in [-0.2, -0.15) is 8.78 Å². The van der Waals surface area contributed by atoms with E-state index in [9.17, 15) is 8.78 Å². The van der Waals surface area contributed by atoms with Crippen LogP contribution in [-0.4, -0.2) is 25.5 Å². The Hall–Kier alpha value is -3.68. The Labute approximate surface area is 173 Å². The summed E-state index contributed by atoms with van der Waals surface area (Å²) in [4.78, 5) is 8.61. The molecule has 0 aliphatic carbocycles.